The molecule has 0 radical (unpaired) electrons. The van der Waals surface area contributed by atoms with Gasteiger partial charge in [0, 0.05) is 6.07 Å². The average Bonchev–Trinajstić information content (AvgIpc) is 2.43. The standard InChI is InChI=1S/C13H20N2O5S/c1-8(2)12(13(16)20-4)15-21(17,18)11-6-5-9(19-3)7-10(11)14/h5-8,12,15H,14H2,1-4H3. The van der Waals surface area contributed by atoms with E-state index in [0.29, 0.717) is 5.75 Å². The van der Waals surface area contributed by atoms with Crippen molar-refractivity contribution in [1.82, 2.24) is 4.72 Å². The molecule has 0 saturated heterocycles. The smallest absolute Gasteiger partial charge is 0.324 e. The molecular formula is C13H20N2O5S. The fraction of sp³-hybridized carbons (Fsp3) is 0.462. The molecule has 118 valence electrons. The van der Waals surface area contributed by atoms with Gasteiger partial charge in [-0.25, -0.2) is 8.42 Å². The first-order valence-electron chi connectivity index (χ1n) is 6.26. The lowest BCUT2D eigenvalue weighted by molar-refractivity contribution is -0.143. The van der Waals surface area contributed by atoms with Crippen LogP contribution in [0.1, 0.15) is 13.8 Å². The molecule has 0 amide bonds. The highest BCUT2D eigenvalue weighted by atomic mass is 32.2. The Bertz CT molecular complexity index is 613. The van der Waals surface area contributed by atoms with Gasteiger partial charge in [-0.3, -0.25) is 4.79 Å². The predicted octanol–water partition coefficient (Wildman–Crippen LogP) is 0.753. The molecule has 1 rings (SSSR count). The van der Waals surface area contributed by atoms with Crippen molar-refractivity contribution in [3.8, 4) is 5.75 Å². The summed E-state index contributed by atoms with van der Waals surface area (Å²) in [5.74, 6) is -0.479. The topological polar surface area (TPSA) is 108 Å². The van der Waals surface area contributed by atoms with E-state index in [9.17, 15) is 13.2 Å². The fourth-order valence-corrected chi connectivity index (χ4v) is 3.16. The average molecular weight is 316 g/mol. The van der Waals surface area contributed by atoms with Gasteiger partial charge in [0.25, 0.3) is 0 Å². The Hall–Kier alpha value is -1.80. The van der Waals surface area contributed by atoms with Gasteiger partial charge in [0.1, 0.15) is 16.7 Å². The van der Waals surface area contributed by atoms with Gasteiger partial charge in [-0.15, -0.1) is 0 Å². The van der Waals surface area contributed by atoms with E-state index in [1.165, 1.54) is 32.4 Å². The summed E-state index contributed by atoms with van der Waals surface area (Å²) >= 11 is 0. The Labute approximate surface area is 124 Å². The molecule has 8 heteroatoms. The Balaban J connectivity index is 3.13. The maximum atomic E-state index is 12.3. The number of sulfonamides is 1. The summed E-state index contributed by atoms with van der Waals surface area (Å²) in [6, 6.07) is 3.22. The predicted molar refractivity (Wildman–Crippen MR) is 78.4 cm³/mol. The van der Waals surface area contributed by atoms with Crippen LogP contribution in [0.25, 0.3) is 0 Å². The lowest BCUT2D eigenvalue weighted by atomic mass is 10.1. The van der Waals surface area contributed by atoms with Crippen LogP contribution in [-0.2, 0) is 19.6 Å². The van der Waals surface area contributed by atoms with Crippen molar-refractivity contribution in [2.24, 2.45) is 5.92 Å². The number of carbonyl (C=O) groups excluding carboxylic acids is 1. The van der Waals surface area contributed by atoms with Crippen molar-refractivity contribution in [1.29, 1.82) is 0 Å². The van der Waals surface area contributed by atoms with Crippen LogP contribution in [-0.4, -0.2) is 34.6 Å². The lowest BCUT2D eigenvalue weighted by Crippen LogP contribution is -2.45. The number of nitrogen functional groups attached to an aromatic ring is 1. The van der Waals surface area contributed by atoms with Gasteiger partial charge < -0.3 is 15.2 Å². The monoisotopic (exact) mass is 316 g/mol. The summed E-state index contributed by atoms with van der Waals surface area (Å²) in [5, 5.41) is 0. The van der Waals surface area contributed by atoms with E-state index in [1.54, 1.807) is 13.8 Å². The highest BCUT2D eigenvalue weighted by Gasteiger charge is 2.30. The summed E-state index contributed by atoms with van der Waals surface area (Å²) in [7, 11) is -1.29. The molecule has 1 atom stereocenters. The minimum atomic E-state index is -3.95. The third-order valence-electron chi connectivity index (χ3n) is 2.91. The number of esters is 1. The first-order chi connectivity index (χ1) is 9.72. The summed E-state index contributed by atoms with van der Waals surface area (Å²) in [4.78, 5) is 11.5. The number of hydrogen-bond acceptors (Lipinski definition) is 6. The minimum Gasteiger partial charge on any atom is -0.497 e. The Kier molecular flexibility index (Phi) is 5.56. The fourth-order valence-electron chi connectivity index (χ4n) is 1.71. The van der Waals surface area contributed by atoms with Gasteiger partial charge in [-0.1, -0.05) is 13.8 Å². The number of ether oxygens (including phenoxy) is 2. The second-order valence-electron chi connectivity index (χ2n) is 4.77. The van der Waals surface area contributed by atoms with E-state index >= 15 is 0 Å². The van der Waals surface area contributed by atoms with Crippen LogP contribution in [0, 0.1) is 5.92 Å². The van der Waals surface area contributed by atoms with Crippen LogP contribution in [0.4, 0.5) is 5.69 Å². The molecule has 1 unspecified atom stereocenters. The highest BCUT2D eigenvalue weighted by molar-refractivity contribution is 7.89. The molecule has 7 nitrogen and oxygen atoms in total. The molecular weight excluding hydrogens is 296 g/mol. The molecule has 0 heterocycles. The first-order valence-corrected chi connectivity index (χ1v) is 7.75. The van der Waals surface area contributed by atoms with Gasteiger partial charge >= 0.3 is 5.97 Å². The van der Waals surface area contributed by atoms with Crippen molar-refractivity contribution in [3.63, 3.8) is 0 Å². The first kappa shape index (κ1) is 17.3. The zero-order valence-electron chi connectivity index (χ0n) is 12.4. The summed E-state index contributed by atoms with van der Waals surface area (Å²) in [6.07, 6.45) is 0. The summed E-state index contributed by atoms with van der Waals surface area (Å²) < 4.78 is 36.6. The third-order valence-corrected chi connectivity index (χ3v) is 4.43. The van der Waals surface area contributed by atoms with Crippen molar-refractivity contribution in [3.05, 3.63) is 18.2 Å². The molecule has 3 N–H and O–H groups in total. The number of nitrogens with one attached hydrogen (secondary N) is 1. The normalized spacial score (nSPS) is 13.0. The molecule has 0 fully saturated rings. The molecule has 0 bridgehead atoms. The number of carbonyl (C=O) groups is 1. The summed E-state index contributed by atoms with van der Waals surface area (Å²) in [5.41, 5.74) is 5.76. The van der Waals surface area contributed by atoms with E-state index in [0.717, 1.165) is 0 Å². The molecule has 0 aliphatic carbocycles. The lowest BCUT2D eigenvalue weighted by Gasteiger charge is -2.20. The van der Waals surface area contributed by atoms with Crippen LogP contribution in [0.3, 0.4) is 0 Å². The van der Waals surface area contributed by atoms with E-state index in [4.69, 9.17) is 10.5 Å². The second kappa shape index (κ2) is 6.77. The molecule has 21 heavy (non-hydrogen) atoms. The zero-order chi connectivity index (χ0) is 16.2. The van der Waals surface area contributed by atoms with Gasteiger partial charge in [-0.05, 0) is 18.1 Å². The van der Waals surface area contributed by atoms with Gasteiger partial charge in [0.15, 0.2) is 0 Å². The maximum Gasteiger partial charge on any atom is 0.324 e. The van der Waals surface area contributed by atoms with Crippen molar-refractivity contribution in [2.45, 2.75) is 24.8 Å². The van der Waals surface area contributed by atoms with Crippen LogP contribution in [0.2, 0.25) is 0 Å². The highest BCUT2D eigenvalue weighted by Crippen LogP contribution is 2.24. The van der Waals surface area contributed by atoms with Gasteiger partial charge in [0.2, 0.25) is 10.0 Å². The Morgan fingerprint density at radius 1 is 1.29 bits per heavy atom. The number of benzene rings is 1. The molecule has 1 aromatic rings. The number of anilines is 1. The number of methoxy groups -OCH3 is 2. The van der Waals surface area contributed by atoms with E-state index < -0.39 is 22.0 Å². The second-order valence-corrected chi connectivity index (χ2v) is 6.45. The number of nitrogens with two attached hydrogens (primary N) is 1. The molecule has 0 aliphatic heterocycles. The molecule has 1 aromatic carbocycles. The van der Waals surface area contributed by atoms with Crippen molar-refractivity contribution >= 4 is 21.7 Å². The van der Waals surface area contributed by atoms with Gasteiger partial charge in [0.05, 0.1) is 19.9 Å². The Morgan fingerprint density at radius 2 is 1.90 bits per heavy atom. The van der Waals surface area contributed by atoms with E-state index in [1.807, 2.05) is 0 Å². The van der Waals surface area contributed by atoms with Crippen molar-refractivity contribution in [2.75, 3.05) is 20.0 Å². The zero-order valence-corrected chi connectivity index (χ0v) is 13.2. The van der Waals surface area contributed by atoms with Crippen LogP contribution in [0.5, 0.6) is 5.75 Å². The quantitative estimate of drug-likeness (QED) is 0.592. The molecule has 0 saturated carbocycles. The van der Waals surface area contributed by atoms with Crippen LogP contribution < -0.4 is 15.2 Å². The maximum absolute atomic E-state index is 12.3. The SMILES string of the molecule is COC(=O)C(NS(=O)(=O)c1ccc(OC)cc1N)C(C)C. The largest absolute Gasteiger partial charge is 0.497 e. The van der Waals surface area contributed by atoms with E-state index in [-0.39, 0.29) is 16.5 Å². The Morgan fingerprint density at radius 3 is 2.33 bits per heavy atom. The van der Waals surface area contributed by atoms with Crippen LogP contribution >= 0.6 is 0 Å². The van der Waals surface area contributed by atoms with Crippen molar-refractivity contribution < 1.29 is 22.7 Å². The molecule has 0 spiro atoms. The molecule has 0 aliphatic rings. The van der Waals surface area contributed by atoms with Gasteiger partial charge in [-0.2, -0.15) is 4.72 Å². The van der Waals surface area contributed by atoms with Crippen LogP contribution in [0.15, 0.2) is 23.1 Å². The molecule has 0 aromatic heterocycles. The minimum absolute atomic E-state index is 0.0363. The third kappa shape index (κ3) is 4.08. The number of rotatable bonds is 6. The van der Waals surface area contributed by atoms with E-state index in [2.05, 4.69) is 9.46 Å². The number of hydrogen-bond donors (Lipinski definition) is 2. The summed E-state index contributed by atoms with van der Waals surface area (Å²) in [6.45, 7) is 3.42.